The number of rotatable bonds is 1. The third kappa shape index (κ3) is 5.11. The molecule has 0 aliphatic rings. The van der Waals surface area contributed by atoms with Gasteiger partial charge in [-0.25, -0.2) is 9.36 Å². The highest BCUT2D eigenvalue weighted by molar-refractivity contribution is 7.45. The Balaban J connectivity index is 0.000000280. The fourth-order valence-corrected chi connectivity index (χ4v) is 1.17. The molecule has 3 N–H and O–H groups in total. The number of ether oxygens (including phenoxy) is 1. The van der Waals surface area contributed by atoms with E-state index in [4.69, 9.17) is 28.4 Å². The summed E-state index contributed by atoms with van der Waals surface area (Å²) in [6.07, 6.45) is 0. The summed E-state index contributed by atoms with van der Waals surface area (Å²) in [6.45, 7) is 0. The summed E-state index contributed by atoms with van der Waals surface area (Å²) in [5, 5.41) is 0.889. The van der Waals surface area contributed by atoms with Gasteiger partial charge in [-0.2, -0.15) is 0 Å². The minimum Gasteiger partial charge on any atom is -0.497 e. The van der Waals surface area contributed by atoms with Gasteiger partial charge in [0.15, 0.2) is 0 Å². The van der Waals surface area contributed by atoms with Crippen LogP contribution in [0.4, 0.5) is 0 Å². The molecule has 0 aliphatic carbocycles. The predicted octanol–water partition coefficient (Wildman–Crippen LogP) is 0.873. The van der Waals surface area contributed by atoms with E-state index in [0.29, 0.717) is 11.3 Å². The van der Waals surface area contributed by atoms with Crippen LogP contribution in [0.2, 0.25) is 0 Å². The molecule has 0 saturated carbocycles. The molecule has 0 aliphatic heterocycles. The third-order valence-electron chi connectivity index (χ3n) is 1.83. The Kier molecular flexibility index (Phi) is 4.63. The number of benzene rings is 1. The van der Waals surface area contributed by atoms with Gasteiger partial charge in [0.1, 0.15) is 11.3 Å². The highest BCUT2D eigenvalue weighted by Gasteiger charge is 2.00. The van der Waals surface area contributed by atoms with E-state index in [1.165, 1.54) is 6.07 Å². The van der Waals surface area contributed by atoms with Crippen molar-refractivity contribution in [2.45, 2.75) is 0 Å². The van der Waals surface area contributed by atoms with Gasteiger partial charge in [0.05, 0.1) is 7.11 Å². The Bertz CT molecular complexity index is 619. The predicted molar refractivity (Wildman–Crippen MR) is 63.3 cm³/mol. The van der Waals surface area contributed by atoms with Crippen molar-refractivity contribution < 1.29 is 28.4 Å². The van der Waals surface area contributed by atoms with Crippen LogP contribution in [0.15, 0.2) is 39.5 Å². The normalized spacial score (nSPS) is 10.7. The quantitative estimate of drug-likeness (QED) is 0.521. The fraction of sp³-hybridized carbons (Fsp3) is 0.100. The van der Waals surface area contributed by atoms with Crippen LogP contribution in [0, 0.1) is 0 Å². The molecule has 1 heterocycles. The molecule has 8 heteroatoms. The molecule has 98 valence electrons. The first kappa shape index (κ1) is 14.4. The van der Waals surface area contributed by atoms with E-state index in [2.05, 4.69) is 0 Å². The zero-order valence-corrected chi connectivity index (χ0v) is 10.2. The summed E-state index contributed by atoms with van der Waals surface area (Å²) in [7, 11) is -3.07. The van der Waals surface area contributed by atoms with Crippen LogP contribution in [0.1, 0.15) is 0 Å². The molecule has 1 aromatic heterocycles. The molecular weight excluding hydrogens is 263 g/mol. The van der Waals surface area contributed by atoms with Crippen molar-refractivity contribution in [3.63, 3.8) is 0 Å². The van der Waals surface area contributed by atoms with Crippen molar-refractivity contribution in [1.29, 1.82) is 0 Å². The lowest BCUT2D eigenvalue weighted by Gasteiger charge is -1.99. The molecule has 1 aromatic carbocycles. The van der Waals surface area contributed by atoms with E-state index >= 15 is 0 Å². The molecule has 0 fully saturated rings. The SMILES string of the molecule is COc1ccc2ccc(=O)oc2c1.O=P(O)(O)O. The molecule has 0 radical (unpaired) electrons. The Morgan fingerprint density at radius 3 is 2.28 bits per heavy atom. The molecule has 2 rings (SSSR count). The second kappa shape index (κ2) is 5.79. The van der Waals surface area contributed by atoms with E-state index in [1.54, 1.807) is 19.2 Å². The van der Waals surface area contributed by atoms with Crippen LogP contribution in [0.25, 0.3) is 11.0 Å². The van der Waals surface area contributed by atoms with E-state index in [9.17, 15) is 4.79 Å². The zero-order chi connectivity index (χ0) is 13.8. The average Bonchev–Trinajstić information content (AvgIpc) is 2.25. The van der Waals surface area contributed by atoms with Crippen molar-refractivity contribution in [1.82, 2.24) is 0 Å². The van der Waals surface area contributed by atoms with Gasteiger partial charge in [-0.15, -0.1) is 0 Å². The first-order valence-electron chi connectivity index (χ1n) is 4.66. The minimum absolute atomic E-state index is 0.347. The van der Waals surface area contributed by atoms with Crippen LogP contribution in [0.3, 0.4) is 0 Å². The maximum absolute atomic E-state index is 10.9. The highest BCUT2D eigenvalue weighted by Crippen LogP contribution is 2.25. The summed E-state index contributed by atoms with van der Waals surface area (Å²) in [6, 6.07) is 8.48. The Morgan fingerprint density at radius 2 is 1.72 bits per heavy atom. The summed E-state index contributed by atoms with van der Waals surface area (Å²) in [4.78, 5) is 32.4. The van der Waals surface area contributed by atoms with E-state index in [1.807, 2.05) is 12.1 Å². The van der Waals surface area contributed by atoms with Gasteiger partial charge >= 0.3 is 13.4 Å². The van der Waals surface area contributed by atoms with Crippen LogP contribution < -0.4 is 10.4 Å². The number of hydrogen-bond acceptors (Lipinski definition) is 4. The van der Waals surface area contributed by atoms with E-state index in [-0.39, 0.29) is 5.63 Å². The summed E-state index contributed by atoms with van der Waals surface area (Å²) in [5.74, 6) is 0.682. The number of phosphoric acid groups is 1. The first-order chi connectivity index (χ1) is 8.29. The van der Waals surface area contributed by atoms with Crippen LogP contribution in [-0.4, -0.2) is 21.8 Å². The molecule has 0 unspecified atom stereocenters. The van der Waals surface area contributed by atoms with Gasteiger partial charge in [0.2, 0.25) is 0 Å². The Labute approximate surface area is 101 Å². The van der Waals surface area contributed by atoms with Crippen molar-refractivity contribution in [2.75, 3.05) is 7.11 Å². The highest BCUT2D eigenvalue weighted by atomic mass is 31.2. The molecular formula is C10H11O7P. The van der Waals surface area contributed by atoms with Crippen molar-refractivity contribution in [3.05, 3.63) is 40.8 Å². The topological polar surface area (TPSA) is 117 Å². The van der Waals surface area contributed by atoms with Gasteiger partial charge in [-0.3, -0.25) is 0 Å². The maximum Gasteiger partial charge on any atom is 0.466 e. The Hall–Kier alpha value is -1.66. The molecule has 7 nitrogen and oxygen atoms in total. The van der Waals surface area contributed by atoms with Crippen LogP contribution in [-0.2, 0) is 4.57 Å². The van der Waals surface area contributed by atoms with Crippen LogP contribution in [0.5, 0.6) is 5.75 Å². The van der Waals surface area contributed by atoms with Crippen molar-refractivity contribution in [3.8, 4) is 5.75 Å². The fourth-order valence-electron chi connectivity index (χ4n) is 1.17. The van der Waals surface area contributed by atoms with E-state index < -0.39 is 7.82 Å². The molecule has 0 amide bonds. The third-order valence-corrected chi connectivity index (χ3v) is 1.83. The van der Waals surface area contributed by atoms with Gasteiger partial charge < -0.3 is 23.8 Å². The molecule has 18 heavy (non-hydrogen) atoms. The second-order valence-corrected chi connectivity index (χ2v) is 4.20. The van der Waals surface area contributed by atoms with E-state index in [0.717, 1.165) is 5.39 Å². The first-order valence-corrected chi connectivity index (χ1v) is 6.22. The molecule has 2 aromatic rings. The monoisotopic (exact) mass is 274 g/mol. The lowest BCUT2D eigenvalue weighted by molar-refractivity contribution is 0.275. The molecule has 0 saturated heterocycles. The lowest BCUT2D eigenvalue weighted by atomic mass is 10.2. The largest absolute Gasteiger partial charge is 0.497 e. The zero-order valence-electron chi connectivity index (χ0n) is 9.31. The van der Waals surface area contributed by atoms with Gasteiger partial charge in [-0.05, 0) is 18.2 Å². The summed E-state index contributed by atoms with van der Waals surface area (Å²) < 4.78 is 18.9. The van der Waals surface area contributed by atoms with Crippen molar-refractivity contribution >= 4 is 18.8 Å². The summed E-state index contributed by atoms with van der Waals surface area (Å²) in [5.41, 5.74) is 0.201. The van der Waals surface area contributed by atoms with Gasteiger partial charge in [0, 0.05) is 17.5 Å². The molecule has 0 bridgehead atoms. The molecule has 0 spiro atoms. The van der Waals surface area contributed by atoms with Crippen molar-refractivity contribution in [2.24, 2.45) is 0 Å². The molecule has 0 atom stereocenters. The smallest absolute Gasteiger partial charge is 0.466 e. The standard InChI is InChI=1S/C10H8O3.H3O4P/c1-12-8-4-2-7-3-5-10(11)13-9(7)6-8;1-5(2,3)4/h2-6H,1H3;(H3,1,2,3,4). The minimum atomic E-state index is -4.64. The summed E-state index contributed by atoms with van der Waals surface area (Å²) >= 11 is 0. The Morgan fingerprint density at radius 1 is 1.17 bits per heavy atom. The average molecular weight is 274 g/mol. The van der Waals surface area contributed by atoms with Crippen LogP contribution >= 0.6 is 7.82 Å². The number of fused-ring (bicyclic) bond motifs is 1. The maximum atomic E-state index is 10.9. The second-order valence-electron chi connectivity index (χ2n) is 3.17. The lowest BCUT2D eigenvalue weighted by Crippen LogP contribution is -1.94. The van der Waals surface area contributed by atoms with Gasteiger partial charge in [-0.1, -0.05) is 0 Å². The number of hydrogen-bond donors (Lipinski definition) is 3. The number of methoxy groups -OCH3 is 1. The van der Waals surface area contributed by atoms with Gasteiger partial charge in [0.25, 0.3) is 0 Å².